The zero-order chi connectivity index (χ0) is 29.1. The van der Waals surface area contributed by atoms with Crippen molar-refractivity contribution >= 4 is 23.2 Å². The molecule has 4 atom stereocenters. The topological polar surface area (TPSA) is 171 Å². The van der Waals surface area contributed by atoms with E-state index >= 15 is 0 Å². The molecule has 1 fully saturated rings. The van der Waals surface area contributed by atoms with Crippen molar-refractivity contribution in [3.8, 4) is 23.3 Å². The average molecular weight is 545 g/mol. The number of hydrogen-bond donors (Lipinski definition) is 5. The summed E-state index contributed by atoms with van der Waals surface area (Å²) in [7, 11) is 4.67. The van der Waals surface area contributed by atoms with Crippen LogP contribution in [0.2, 0.25) is 0 Å². The van der Waals surface area contributed by atoms with E-state index in [1.54, 1.807) is 51.5 Å². The van der Waals surface area contributed by atoms with Gasteiger partial charge in [0.15, 0.2) is 11.4 Å². The highest BCUT2D eigenvalue weighted by Gasteiger charge is 2.64. The molecule has 5 rings (SSSR count). The van der Waals surface area contributed by atoms with Crippen LogP contribution in [-0.4, -0.2) is 75.6 Å². The molecule has 0 bridgehead atoms. The zero-order valence-electron chi connectivity index (χ0n) is 22.1. The molecule has 0 aromatic heterocycles. The second-order valence-electron chi connectivity index (χ2n) is 10.4. The molecule has 1 amide bonds. The molecule has 6 N–H and O–H groups in total. The van der Waals surface area contributed by atoms with Crippen LogP contribution in [0, 0.1) is 23.7 Å². The minimum absolute atomic E-state index is 0.00202. The van der Waals surface area contributed by atoms with E-state index in [2.05, 4.69) is 11.8 Å². The minimum Gasteiger partial charge on any atom is -0.508 e. The minimum atomic E-state index is -2.67. The Morgan fingerprint density at radius 2 is 1.75 bits per heavy atom. The number of phenols is 1. The first-order valence-electron chi connectivity index (χ1n) is 12.6. The van der Waals surface area contributed by atoms with Gasteiger partial charge in [0, 0.05) is 22.6 Å². The number of amides is 1. The molecule has 3 aliphatic rings. The summed E-state index contributed by atoms with van der Waals surface area (Å²) in [6, 6.07) is 8.94. The summed E-state index contributed by atoms with van der Waals surface area (Å²) < 4.78 is 5.17. The number of ketones is 2. The molecule has 206 valence electrons. The summed E-state index contributed by atoms with van der Waals surface area (Å²) in [6.45, 7) is 0. The number of fused-ring (bicyclic) bond motifs is 3. The number of Topliss-reactive ketones (excluding diaryl/α,β-unsaturated/α-hetero) is 2. The molecule has 2 aromatic carbocycles. The molecule has 2 aromatic rings. The van der Waals surface area contributed by atoms with E-state index in [4.69, 9.17) is 10.5 Å². The quantitative estimate of drug-likeness (QED) is 0.283. The van der Waals surface area contributed by atoms with Crippen LogP contribution in [-0.2, 0) is 20.8 Å². The van der Waals surface area contributed by atoms with Gasteiger partial charge in [-0.25, -0.2) is 0 Å². The van der Waals surface area contributed by atoms with E-state index < -0.39 is 58.0 Å². The van der Waals surface area contributed by atoms with Crippen molar-refractivity contribution in [1.29, 1.82) is 0 Å². The molecule has 0 saturated heterocycles. The Hall–Kier alpha value is -4.59. The lowest BCUT2D eigenvalue weighted by atomic mass is 9.57. The van der Waals surface area contributed by atoms with Gasteiger partial charge in [-0.2, -0.15) is 0 Å². The number of ether oxygens (including phenoxy) is 1. The lowest BCUT2D eigenvalue weighted by molar-refractivity contribution is -0.153. The molecule has 3 aliphatic carbocycles. The van der Waals surface area contributed by atoms with E-state index in [0.717, 1.165) is 0 Å². The second-order valence-corrected chi connectivity index (χ2v) is 10.4. The fourth-order valence-electron chi connectivity index (χ4n) is 6.17. The molecular formula is C30H28N2O8. The fourth-order valence-corrected chi connectivity index (χ4v) is 6.17. The Kier molecular flexibility index (Phi) is 6.45. The van der Waals surface area contributed by atoms with Gasteiger partial charge in [-0.1, -0.05) is 11.8 Å². The van der Waals surface area contributed by atoms with Gasteiger partial charge >= 0.3 is 0 Å². The predicted molar refractivity (Wildman–Crippen MR) is 143 cm³/mol. The molecule has 0 heterocycles. The smallest absolute Gasteiger partial charge is 0.255 e. The summed E-state index contributed by atoms with van der Waals surface area (Å²) in [5.74, 6) is -0.106. The van der Waals surface area contributed by atoms with E-state index in [1.165, 1.54) is 11.0 Å². The van der Waals surface area contributed by atoms with Crippen molar-refractivity contribution in [2.45, 2.75) is 24.5 Å². The number of aliphatic hydroxyl groups is 3. The number of aromatic hydroxyl groups is 1. The molecule has 40 heavy (non-hydrogen) atoms. The van der Waals surface area contributed by atoms with E-state index in [-0.39, 0.29) is 29.7 Å². The van der Waals surface area contributed by atoms with Crippen LogP contribution in [0.1, 0.15) is 28.7 Å². The van der Waals surface area contributed by atoms with Crippen molar-refractivity contribution in [2.75, 3.05) is 21.2 Å². The lowest BCUT2D eigenvalue weighted by Crippen LogP contribution is -2.65. The lowest BCUT2D eigenvalue weighted by Gasteiger charge is -2.50. The van der Waals surface area contributed by atoms with Crippen molar-refractivity contribution in [2.24, 2.45) is 17.6 Å². The van der Waals surface area contributed by atoms with Crippen molar-refractivity contribution in [1.82, 2.24) is 4.90 Å². The van der Waals surface area contributed by atoms with E-state index in [1.807, 2.05) is 0 Å². The highest BCUT2D eigenvalue weighted by Crippen LogP contribution is 2.52. The number of rotatable bonds is 3. The normalized spacial score (nSPS) is 25.6. The maximum absolute atomic E-state index is 13.9. The van der Waals surface area contributed by atoms with E-state index in [0.29, 0.717) is 22.4 Å². The Bertz CT molecular complexity index is 1590. The van der Waals surface area contributed by atoms with Gasteiger partial charge < -0.3 is 30.9 Å². The Morgan fingerprint density at radius 1 is 1.07 bits per heavy atom. The summed E-state index contributed by atoms with van der Waals surface area (Å²) in [5.41, 5.74) is 3.35. The van der Waals surface area contributed by atoms with Crippen molar-refractivity contribution in [3.05, 3.63) is 75.6 Å². The molecule has 0 radical (unpaired) electrons. The fraction of sp³-hybridized carbons (Fsp3) is 0.300. The number of nitrogens with zero attached hydrogens (tertiary/aromatic N) is 1. The number of benzene rings is 2. The summed E-state index contributed by atoms with van der Waals surface area (Å²) >= 11 is 0. The zero-order valence-corrected chi connectivity index (χ0v) is 22.1. The van der Waals surface area contributed by atoms with Gasteiger partial charge in [-0.3, -0.25) is 19.3 Å². The summed E-state index contributed by atoms with van der Waals surface area (Å²) in [6.07, 6.45) is 0.169. The number of methoxy groups -OCH3 is 1. The number of carbonyl (C=O) groups excluding carboxylic acids is 3. The molecule has 1 saturated carbocycles. The van der Waals surface area contributed by atoms with Gasteiger partial charge in [-0.15, -0.1) is 0 Å². The molecular weight excluding hydrogens is 516 g/mol. The predicted octanol–water partition coefficient (Wildman–Crippen LogP) is 1.37. The Labute approximate surface area is 230 Å². The van der Waals surface area contributed by atoms with E-state index in [9.17, 15) is 34.8 Å². The van der Waals surface area contributed by atoms with Crippen LogP contribution in [0.3, 0.4) is 0 Å². The van der Waals surface area contributed by atoms with Crippen molar-refractivity contribution < 1.29 is 39.5 Å². The van der Waals surface area contributed by atoms with Crippen LogP contribution in [0.15, 0.2) is 53.3 Å². The standard InChI is InChI=1S/C30H28N2O8/c1-32(2)24-19-13-16-12-18-15(7-4-14-5-9-17(40-3)10-6-14)8-11-20(33)22(18)25(34)21(16)27(36)30(19,39)28(37)23(26(24)35)29(31)38/h5-6,8-11,16,19,24,33-34,37,39H,12-13H2,1-3H3,(H2,31,38)/t16?,19?,24-,30-/m0/s1. The molecule has 0 aliphatic heterocycles. The van der Waals surface area contributed by atoms with Gasteiger partial charge in [0.1, 0.15) is 28.6 Å². The molecule has 10 nitrogen and oxygen atoms in total. The average Bonchev–Trinajstić information content (AvgIpc) is 2.90. The van der Waals surface area contributed by atoms with Crippen LogP contribution in [0.25, 0.3) is 5.76 Å². The summed E-state index contributed by atoms with van der Waals surface area (Å²) in [4.78, 5) is 40.6. The van der Waals surface area contributed by atoms with Crippen LogP contribution >= 0.6 is 0 Å². The molecule has 0 spiro atoms. The first-order chi connectivity index (χ1) is 18.9. The third-order valence-electron chi connectivity index (χ3n) is 8.04. The molecule has 10 heteroatoms. The number of carbonyl (C=O) groups is 3. The maximum Gasteiger partial charge on any atom is 0.255 e. The monoisotopic (exact) mass is 544 g/mol. The highest BCUT2D eigenvalue weighted by atomic mass is 16.5. The highest BCUT2D eigenvalue weighted by molar-refractivity contribution is 6.24. The number of aliphatic hydroxyl groups excluding tert-OH is 2. The van der Waals surface area contributed by atoms with Gasteiger partial charge in [0.2, 0.25) is 5.78 Å². The van der Waals surface area contributed by atoms with Crippen LogP contribution in [0.4, 0.5) is 0 Å². The largest absolute Gasteiger partial charge is 0.508 e. The third-order valence-corrected chi connectivity index (χ3v) is 8.04. The van der Waals surface area contributed by atoms with Crippen molar-refractivity contribution in [3.63, 3.8) is 0 Å². The molecule has 2 unspecified atom stereocenters. The summed E-state index contributed by atoms with van der Waals surface area (Å²) in [5, 5.41) is 44.6. The first-order valence-corrected chi connectivity index (χ1v) is 12.6. The number of hydrogen-bond acceptors (Lipinski definition) is 9. The van der Waals surface area contributed by atoms with Crippen LogP contribution < -0.4 is 10.5 Å². The maximum atomic E-state index is 13.9. The SMILES string of the molecule is COc1ccc(C#Cc2ccc(O)c3c2CC2CC4[C@H](N(C)C)C(=O)C(C(N)=O)=C(O)[C@@]4(O)C(=O)C2=C3O)cc1. The number of nitrogens with two attached hydrogens (primary N) is 1. The van der Waals surface area contributed by atoms with Gasteiger partial charge in [-0.05, 0) is 74.8 Å². The third kappa shape index (κ3) is 3.86. The number of primary amides is 1. The Balaban J connectivity index is 1.66. The second kappa shape index (κ2) is 9.55. The van der Waals surface area contributed by atoms with Gasteiger partial charge in [0.05, 0.1) is 18.7 Å². The van der Waals surface area contributed by atoms with Crippen LogP contribution in [0.5, 0.6) is 11.5 Å². The van der Waals surface area contributed by atoms with Gasteiger partial charge in [0.25, 0.3) is 5.91 Å². The first kappa shape index (κ1) is 27.0. The Morgan fingerprint density at radius 3 is 2.35 bits per heavy atom. The number of phenolic OH excluding ortho intramolecular Hbond substituents is 1. The number of likely N-dealkylation sites (N-methyl/N-ethyl adjacent to an activating group) is 1.